The van der Waals surface area contributed by atoms with Crippen molar-refractivity contribution in [2.75, 3.05) is 26.5 Å². The van der Waals surface area contributed by atoms with Gasteiger partial charge in [-0.2, -0.15) is 0 Å². The van der Waals surface area contributed by atoms with Crippen LogP contribution in [0.2, 0.25) is 5.02 Å². The number of benzene rings is 3. The van der Waals surface area contributed by atoms with Crippen molar-refractivity contribution in [2.45, 2.75) is 31.0 Å². The molecular weight excluding hydrogens is 557 g/mol. The molecule has 208 valence electrons. The molecule has 5 rings (SSSR count). The molecule has 1 atom stereocenters. The van der Waals surface area contributed by atoms with Gasteiger partial charge in [-0.1, -0.05) is 48.0 Å². The Morgan fingerprint density at radius 3 is 2.42 bits per heavy atom. The molecule has 3 aromatic carbocycles. The number of likely N-dealkylation sites (N-methyl/N-ethyl adjacent to an activating group) is 1. The van der Waals surface area contributed by atoms with Crippen LogP contribution in [-0.4, -0.2) is 35.9 Å². The topological polar surface area (TPSA) is 34.5 Å². The molecule has 1 aliphatic heterocycles. The van der Waals surface area contributed by atoms with Crippen molar-refractivity contribution in [1.29, 1.82) is 0 Å². The minimum Gasteiger partial charge on any atom is -0.494 e. The SMILES string of the molecule is COc1cccc(-c2c(C)c(Cc3c(F)cccc3F)c3n(c2=O)C(CN(C)Cc2ccccc2Cl)CS3)c1F. The first kappa shape index (κ1) is 28.3. The standard InChI is InChI=1S/C31H28ClF3N2O2S/c1-18-22(14-23-25(33)11-7-12-26(23)34)31-37(30(38)28(18)21-9-6-13-27(39-3)29(21)35)20(17-40-31)16-36(2)15-19-8-4-5-10-24(19)32/h4-13,20H,14-17H2,1-3H3. The van der Waals surface area contributed by atoms with Gasteiger partial charge in [0.15, 0.2) is 11.6 Å². The van der Waals surface area contributed by atoms with Gasteiger partial charge in [-0.25, -0.2) is 13.2 Å². The Labute approximate surface area is 240 Å². The van der Waals surface area contributed by atoms with Crippen LogP contribution in [-0.2, 0) is 13.0 Å². The minimum absolute atomic E-state index is 0.00824. The van der Waals surface area contributed by atoms with E-state index >= 15 is 4.39 Å². The molecule has 2 heterocycles. The normalized spacial score (nSPS) is 14.6. The van der Waals surface area contributed by atoms with E-state index in [9.17, 15) is 13.6 Å². The summed E-state index contributed by atoms with van der Waals surface area (Å²) in [7, 11) is 3.31. The maximum atomic E-state index is 15.5. The lowest BCUT2D eigenvalue weighted by atomic mass is 9.94. The third-order valence-electron chi connectivity index (χ3n) is 7.30. The first-order valence-corrected chi connectivity index (χ1v) is 14.2. The lowest BCUT2D eigenvalue weighted by molar-refractivity contribution is 0.276. The zero-order chi connectivity index (χ0) is 28.6. The van der Waals surface area contributed by atoms with Crippen LogP contribution in [0.3, 0.4) is 0 Å². The van der Waals surface area contributed by atoms with Gasteiger partial charge in [0, 0.05) is 41.4 Å². The average Bonchev–Trinajstić information content (AvgIpc) is 3.33. The zero-order valence-corrected chi connectivity index (χ0v) is 23.9. The molecule has 4 nitrogen and oxygen atoms in total. The summed E-state index contributed by atoms with van der Waals surface area (Å²) < 4.78 is 51.9. The van der Waals surface area contributed by atoms with E-state index in [1.807, 2.05) is 31.3 Å². The van der Waals surface area contributed by atoms with Crippen molar-refractivity contribution in [1.82, 2.24) is 9.47 Å². The van der Waals surface area contributed by atoms with Crippen LogP contribution in [0.4, 0.5) is 13.2 Å². The third kappa shape index (κ3) is 5.28. The highest BCUT2D eigenvalue weighted by molar-refractivity contribution is 7.99. The van der Waals surface area contributed by atoms with Gasteiger partial charge < -0.3 is 4.74 Å². The Morgan fingerprint density at radius 2 is 1.73 bits per heavy atom. The number of thioether (sulfide) groups is 1. The molecule has 0 aliphatic carbocycles. The smallest absolute Gasteiger partial charge is 0.260 e. The van der Waals surface area contributed by atoms with Gasteiger partial charge in [0.05, 0.1) is 23.7 Å². The molecule has 0 spiro atoms. The zero-order valence-electron chi connectivity index (χ0n) is 22.3. The summed E-state index contributed by atoms with van der Waals surface area (Å²) in [5.74, 6) is -1.41. The molecular formula is C31H28ClF3N2O2S. The van der Waals surface area contributed by atoms with Crippen molar-refractivity contribution in [3.8, 4) is 16.9 Å². The fraction of sp³-hybridized carbons (Fsp3) is 0.258. The summed E-state index contributed by atoms with van der Waals surface area (Å²) in [6, 6.07) is 15.7. The number of hydrogen-bond acceptors (Lipinski definition) is 4. The fourth-order valence-corrected chi connectivity index (χ4v) is 6.88. The molecule has 0 fully saturated rings. The molecule has 0 N–H and O–H groups in total. The van der Waals surface area contributed by atoms with Crippen LogP contribution in [0.1, 0.15) is 28.3 Å². The van der Waals surface area contributed by atoms with E-state index in [1.54, 1.807) is 17.6 Å². The van der Waals surface area contributed by atoms with Crippen LogP contribution in [0.15, 0.2) is 70.5 Å². The van der Waals surface area contributed by atoms with E-state index in [4.69, 9.17) is 16.3 Å². The van der Waals surface area contributed by atoms with E-state index in [2.05, 4.69) is 4.90 Å². The second-order valence-corrected chi connectivity index (χ2v) is 11.3. The van der Waals surface area contributed by atoms with Gasteiger partial charge >= 0.3 is 0 Å². The number of methoxy groups -OCH3 is 1. The van der Waals surface area contributed by atoms with E-state index < -0.39 is 17.5 Å². The molecule has 0 saturated heterocycles. The van der Waals surface area contributed by atoms with E-state index in [0.717, 1.165) is 5.56 Å². The number of fused-ring (bicyclic) bond motifs is 1. The maximum Gasteiger partial charge on any atom is 0.260 e. The highest BCUT2D eigenvalue weighted by Gasteiger charge is 2.32. The number of aromatic nitrogens is 1. The van der Waals surface area contributed by atoms with Crippen LogP contribution in [0, 0.1) is 24.4 Å². The summed E-state index contributed by atoms with van der Waals surface area (Å²) in [4.78, 5) is 16.2. The number of pyridine rings is 1. The van der Waals surface area contributed by atoms with Gasteiger partial charge in [-0.05, 0) is 54.9 Å². The predicted molar refractivity (Wildman–Crippen MR) is 154 cm³/mol. The summed E-state index contributed by atoms with van der Waals surface area (Å²) >= 11 is 7.84. The fourth-order valence-electron chi connectivity index (χ4n) is 5.31. The molecule has 0 amide bonds. The Balaban J connectivity index is 1.64. The molecule has 40 heavy (non-hydrogen) atoms. The Morgan fingerprint density at radius 1 is 1.02 bits per heavy atom. The van der Waals surface area contributed by atoms with Gasteiger partial charge in [0.2, 0.25) is 0 Å². The first-order chi connectivity index (χ1) is 19.2. The first-order valence-electron chi connectivity index (χ1n) is 12.8. The van der Waals surface area contributed by atoms with Gasteiger partial charge in [0.25, 0.3) is 5.56 Å². The van der Waals surface area contributed by atoms with Crippen LogP contribution >= 0.6 is 23.4 Å². The summed E-state index contributed by atoms with van der Waals surface area (Å²) in [5, 5.41) is 1.31. The van der Waals surface area contributed by atoms with E-state index in [1.165, 1.54) is 49.2 Å². The predicted octanol–water partition coefficient (Wildman–Crippen LogP) is 7.27. The Bertz CT molecular complexity index is 1620. The van der Waals surface area contributed by atoms with Crippen LogP contribution in [0.25, 0.3) is 11.1 Å². The molecule has 0 radical (unpaired) electrons. The Hall–Kier alpha value is -3.20. The monoisotopic (exact) mass is 584 g/mol. The van der Waals surface area contributed by atoms with Crippen molar-refractivity contribution in [2.24, 2.45) is 0 Å². The highest BCUT2D eigenvalue weighted by atomic mass is 35.5. The Kier molecular flexibility index (Phi) is 8.31. The van der Waals surface area contributed by atoms with Crippen LogP contribution < -0.4 is 10.3 Å². The number of ether oxygens (including phenoxy) is 1. The highest BCUT2D eigenvalue weighted by Crippen LogP contribution is 2.41. The minimum atomic E-state index is -0.669. The molecule has 0 saturated carbocycles. The number of hydrogen-bond donors (Lipinski definition) is 0. The number of nitrogens with zero attached hydrogens (tertiary/aromatic N) is 2. The van der Waals surface area contributed by atoms with Gasteiger partial charge in [-0.15, -0.1) is 11.8 Å². The summed E-state index contributed by atoms with van der Waals surface area (Å²) in [6.07, 6.45) is -0.0757. The number of halogens is 4. The quantitative estimate of drug-likeness (QED) is 0.218. The molecule has 0 bridgehead atoms. The lowest BCUT2D eigenvalue weighted by Crippen LogP contribution is -2.34. The van der Waals surface area contributed by atoms with Crippen molar-refractivity contribution >= 4 is 23.4 Å². The summed E-state index contributed by atoms with van der Waals surface area (Å²) in [5.41, 5.74) is 1.86. The van der Waals surface area contributed by atoms with Crippen molar-refractivity contribution in [3.63, 3.8) is 0 Å². The number of rotatable bonds is 8. The molecule has 1 unspecified atom stereocenters. The summed E-state index contributed by atoms with van der Waals surface area (Å²) in [6.45, 7) is 2.80. The van der Waals surface area contributed by atoms with Crippen molar-refractivity contribution < 1.29 is 17.9 Å². The molecule has 1 aromatic heterocycles. The van der Waals surface area contributed by atoms with E-state index in [0.29, 0.717) is 40.0 Å². The molecule has 1 aliphatic rings. The second-order valence-electron chi connectivity index (χ2n) is 9.91. The van der Waals surface area contributed by atoms with Gasteiger partial charge in [0.1, 0.15) is 11.6 Å². The maximum absolute atomic E-state index is 15.5. The van der Waals surface area contributed by atoms with E-state index in [-0.39, 0.29) is 40.5 Å². The van der Waals surface area contributed by atoms with Crippen molar-refractivity contribution in [3.05, 3.63) is 116 Å². The van der Waals surface area contributed by atoms with Crippen LogP contribution in [0.5, 0.6) is 5.75 Å². The third-order valence-corrected chi connectivity index (χ3v) is 8.94. The molecule has 4 aromatic rings. The van der Waals surface area contributed by atoms with Gasteiger partial charge in [-0.3, -0.25) is 14.3 Å². The largest absolute Gasteiger partial charge is 0.494 e. The average molecular weight is 585 g/mol. The lowest BCUT2D eigenvalue weighted by Gasteiger charge is -2.25. The molecule has 9 heteroatoms. The second kappa shape index (κ2) is 11.7.